The average molecular weight is 689 g/mol. The van der Waals surface area contributed by atoms with Crippen molar-refractivity contribution in [3.05, 3.63) is 218 Å². The van der Waals surface area contributed by atoms with E-state index in [1.54, 1.807) is 0 Å². The summed E-state index contributed by atoms with van der Waals surface area (Å²) in [4.78, 5) is 2.33. The Morgan fingerprint density at radius 2 is 0.778 bits per heavy atom. The molecular weight excluding hydrogens is 653 g/mol. The molecular formula is C52H36N2. The predicted molar refractivity (Wildman–Crippen MR) is 229 cm³/mol. The van der Waals surface area contributed by atoms with Crippen LogP contribution in [0, 0.1) is 0 Å². The lowest BCUT2D eigenvalue weighted by Gasteiger charge is -2.26. The Morgan fingerprint density at radius 1 is 0.296 bits per heavy atom. The predicted octanol–water partition coefficient (Wildman–Crippen LogP) is 14.4. The minimum atomic E-state index is 1.11. The zero-order valence-electron chi connectivity index (χ0n) is 29.7. The van der Waals surface area contributed by atoms with Crippen LogP contribution < -0.4 is 4.90 Å². The van der Waals surface area contributed by atoms with Crippen LogP contribution in [-0.2, 0) is 0 Å². The zero-order chi connectivity index (χ0) is 35.8. The number of fused-ring (bicyclic) bond motifs is 5. The molecule has 10 aromatic rings. The molecule has 254 valence electrons. The third-order valence-electron chi connectivity index (χ3n) is 10.6. The Kier molecular flexibility index (Phi) is 7.85. The van der Waals surface area contributed by atoms with Crippen molar-refractivity contribution < 1.29 is 0 Å². The standard InChI is InChI=1S/C52H36N2/c1-3-13-39(14-4-1)46-18-9-10-19-47(46)41-27-34-44(35-28-41)53(42-16-5-2-6-17-42)43-30-23-37(24-31-43)38-25-32-45(33-26-38)54-50-22-12-11-21-49(50)52-48-20-8-7-15-40(48)29-36-51(52)54/h1-36H. The van der Waals surface area contributed by atoms with E-state index in [1.165, 1.54) is 66.0 Å². The number of rotatable bonds is 7. The fraction of sp³-hybridized carbons (Fsp3) is 0. The molecule has 0 atom stereocenters. The monoisotopic (exact) mass is 688 g/mol. The molecule has 54 heavy (non-hydrogen) atoms. The molecule has 1 heterocycles. The molecule has 0 bridgehead atoms. The van der Waals surface area contributed by atoms with Crippen molar-refractivity contribution in [1.82, 2.24) is 4.57 Å². The third-order valence-corrected chi connectivity index (χ3v) is 10.6. The Morgan fingerprint density at radius 3 is 1.44 bits per heavy atom. The summed E-state index contributed by atoms with van der Waals surface area (Å²) in [5, 5.41) is 5.13. The number of nitrogens with zero attached hydrogens (tertiary/aromatic N) is 2. The van der Waals surface area contributed by atoms with Gasteiger partial charge in [0.25, 0.3) is 0 Å². The molecule has 0 radical (unpaired) electrons. The second-order valence-electron chi connectivity index (χ2n) is 13.8. The largest absolute Gasteiger partial charge is 0.311 e. The van der Waals surface area contributed by atoms with E-state index in [-0.39, 0.29) is 0 Å². The Balaban J connectivity index is 0.978. The lowest BCUT2D eigenvalue weighted by Crippen LogP contribution is -2.09. The molecule has 2 nitrogen and oxygen atoms in total. The van der Waals surface area contributed by atoms with E-state index in [4.69, 9.17) is 0 Å². The molecule has 0 spiro atoms. The summed E-state index contributed by atoms with van der Waals surface area (Å²) < 4.78 is 2.40. The van der Waals surface area contributed by atoms with Gasteiger partial charge < -0.3 is 9.47 Å². The molecule has 2 heteroatoms. The molecule has 0 saturated heterocycles. The van der Waals surface area contributed by atoms with Crippen molar-refractivity contribution >= 4 is 49.6 Å². The van der Waals surface area contributed by atoms with Crippen LogP contribution >= 0.6 is 0 Å². The van der Waals surface area contributed by atoms with E-state index < -0.39 is 0 Å². The van der Waals surface area contributed by atoms with Gasteiger partial charge in [-0.25, -0.2) is 0 Å². The van der Waals surface area contributed by atoms with Crippen molar-refractivity contribution in [2.24, 2.45) is 0 Å². The minimum Gasteiger partial charge on any atom is -0.311 e. The minimum absolute atomic E-state index is 1.11. The van der Waals surface area contributed by atoms with Crippen LogP contribution in [0.4, 0.5) is 17.1 Å². The van der Waals surface area contributed by atoms with Crippen LogP contribution in [0.15, 0.2) is 218 Å². The summed E-state index contributed by atoms with van der Waals surface area (Å²) in [5.74, 6) is 0. The van der Waals surface area contributed by atoms with Crippen LogP contribution in [0.1, 0.15) is 0 Å². The second kappa shape index (κ2) is 13.4. The molecule has 0 unspecified atom stereocenters. The van der Waals surface area contributed by atoms with Crippen molar-refractivity contribution in [3.8, 4) is 39.1 Å². The number of hydrogen-bond acceptors (Lipinski definition) is 1. The number of anilines is 3. The number of aromatic nitrogens is 1. The molecule has 1 aromatic heterocycles. The van der Waals surface area contributed by atoms with Gasteiger partial charge in [-0.2, -0.15) is 0 Å². The number of para-hydroxylation sites is 2. The van der Waals surface area contributed by atoms with Gasteiger partial charge in [0, 0.05) is 33.5 Å². The molecule has 0 amide bonds. The molecule has 0 aliphatic carbocycles. The van der Waals surface area contributed by atoms with E-state index in [1.807, 2.05) is 0 Å². The zero-order valence-corrected chi connectivity index (χ0v) is 29.7. The highest BCUT2D eigenvalue weighted by atomic mass is 15.1. The van der Waals surface area contributed by atoms with Gasteiger partial charge in [0.15, 0.2) is 0 Å². The quantitative estimate of drug-likeness (QED) is 0.162. The average Bonchev–Trinajstić information content (AvgIpc) is 3.60. The Labute approximate surface area is 315 Å². The van der Waals surface area contributed by atoms with Gasteiger partial charge >= 0.3 is 0 Å². The van der Waals surface area contributed by atoms with Crippen molar-refractivity contribution in [2.75, 3.05) is 4.90 Å². The van der Waals surface area contributed by atoms with E-state index in [2.05, 4.69) is 228 Å². The van der Waals surface area contributed by atoms with Crippen LogP contribution in [0.25, 0.3) is 71.6 Å². The highest BCUT2D eigenvalue weighted by molar-refractivity contribution is 6.21. The highest BCUT2D eigenvalue weighted by Gasteiger charge is 2.16. The van der Waals surface area contributed by atoms with Gasteiger partial charge in [-0.3, -0.25) is 0 Å². The third kappa shape index (κ3) is 5.53. The first-order chi connectivity index (χ1) is 26.8. The first-order valence-electron chi connectivity index (χ1n) is 18.5. The molecule has 0 aliphatic heterocycles. The SMILES string of the molecule is c1ccc(-c2ccccc2-c2ccc(N(c3ccccc3)c3ccc(-c4ccc(-n5c6ccccc6c6c7ccccc7ccc65)cc4)cc3)cc2)cc1. The topological polar surface area (TPSA) is 8.17 Å². The highest BCUT2D eigenvalue weighted by Crippen LogP contribution is 2.40. The molecule has 10 rings (SSSR count). The molecule has 0 aliphatic rings. The van der Waals surface area contributed by atoms with Gasteiger partial charge in [0.1, 0.15) is 0 Å². The lowest BCUT2D eigenvalue weighted by molar-refractivity contribution is 1.18. The van der Waals surface area contributed by atoms with Gasteiger partial charge in [0.2, 0.25) is 0 Å². The Bertz CT molecular complexity index is 2890. The first-order valence-corrected chi connectivity index (χ1v) is 18.5. The first kappa shape index (κ1) is 31.6. The maximum Gasteiger partial charge on any atom is 0.0547 e. The summed E-state index contributed by atoms with van der Waals surface area (Å²) >= 11 is 0. The molecule has 9 aromatic carbocycles. The maximum atomic E-state index is 2.40. The van der Waals surface area contributed by atoms with Gasteiger partial charge in [0.05, 0.1) is 11.0 Å². The van der Waals surface area contributed by atoms with Gasteiger partial charge in [-0.05, 0) is 105 Å². The molecule has 0 N–H and O–H groups in total. The van der Waals surface area contributed by atoms with E-state index in [0.29, 0.717) is 0 Å². The molecule has 0 fully saturated rings. The smallest absolute Gasteiger partial charge is 0.0547 e. The van der Waals surface area contributed by atoms with E-state index >= 15 is 0 Å². The lowest BCUT2D eigenvalue weighted by atomic mass is 9.94. The number of benzene rings is 9. The fourth-order valence-electron chi connectivity index (χ4n) is 8.04. The van der Waals surface area contributed by atoms with Crippen LogP contribution in [0.2, 0.25) is 0 Å². The van der Waals surface area contributed by atoms with Crippen molar-refractivity contribution in [1.29, 1.82) is 0 Å². The second-order valence-corrected chi connectivity index (χ2v) is 13.8. The fourth-order valence-corrected chi connectivity index (χ4v) is 8.04. The van der Waals surface area contributed by atoms with Crippen LogP contribution in [0.3, 0.4) is 0 Å². The van der Waals surface area contributed by atoms with Crippen molar-refractivity contribution in [2.45, 2.75) is 0 Å². The van der Waals surface area contributed by atoms with E-state index in [0.717, 1.165) is 22.7 Å². The van der Waals surface area contributed by atoms with Crippen LogP contribution in [-0.4, -0.2) is 4.57 Å². The molecule has 0 saturated carbocycles. The summed E-state index contributed by atoms with van der Waals surface area (Å²) in [6, 6.07) is 78.6. The summed E-state index contributed by atoms with van der Waals surface area (Å²) in [7, 11) is 0. The summed E-state index contributed by atoms with van der Waals surface area (Å²) in [6.45, 7) is 0. The van der Waals surface area contributed by atoms with Gasteiger partial charge in [-0.1, -0.05) is 158 Å². The summed E-state index contributed by atoms with van der Waals surface area (Å²) in [6.07, 6.45) is 0. The van der Waals surface area contributed by atoms with Crippen molar-refractivity contribution in [3.63, 3.8) is 0 Å². The normalized spacial score (nSPS) is 11.3. The summed E-state index contributed by atoms with van der Waals surface area (Å²) in [5.41, 5.74) is 14.2. The Hall–Kier alpha value is -7.16. The number of hydrogen-bond donors (Lipinski definition) is 0. The van der Waals surface area contributed by atoms with Gasteiger partial charge in [-0.15, -0.1) is 0 Å². The van der Waals surface area contributed by atoms with E-state index in [9.17, 15) is 0 Å². The maximum absolute atomic E-state index is 2.40. The van der Waals surface area contributed by atoms with Crippen LogP contribution in [0.5, 0.6) is 0 Å².